The summed E-state index contributed by atoms with van der Waals surface area (Å²) in [5, 5.41) is 6.00. The molecule has 6 heteroatoms. The molecule has 5 nitrogen and oxygen atoms in total. The minimum atomic E-state index is -0.279. The van der Waals surface area contributed by atoms with Gasteiger partial charge in [0.25, 0.3) is 5.91 Å². The zero-order chi connectivity index (χ0) is 20.7. The zero-order valence-corrected chi connectivity index (χ0v) is 16.1. The Labute approximate surface area is 173 Å². The molecule has 2 amide bonds. The van der Waals surface area contributed by atoms with Crippen LogP contribution < -0.4 is 15.5 Å². The first kappa shape index (κ1) is 18.4. The standard InChI is InChI=1S/C24H20FN3O2/c25-18-11-9-16(10-12-18)15-5-7-17(8-6-15)23(29)26-19-13-22-24(30)27-20-3-1-2-4-21(20)28(22)14-19/h1-12,19,22H,13-14H2,(H,26,29)(H,27,30). The molecule has 0 aromatic heterocycles. The molecule has 2 heterocycles. The highest BCUT2D eigenvalue weighted by atomic mass is 19.1. The van der Waals surface area contributed by atoms with E-state index in [0.717, 1.165) is 22.5 Å². The van der Waals surface area contributed by atoms with Crippen molar-refractivity contribution in [3.63, 3.8) is 0 Å². The molecule has 2 aliphatic rings. The maximum Gasteiger partial charge on any atom is 0.251 e. The van der Waals surface area contributed by atoms with Crippen LogP contribution in [0.2, 0.25) is 0 Å². The first-order chi connectivity index (χ1) is 14.6. The number of nitrogens with zero attached hydrogens (tertiary/aromatic N) is 1. The monoisotopic (exact) mass is 401 g/mol. The normalized spacial score (nSPS) is 19.6. The van der Waals surface area contributed by atoms with E-state index in [4.69, 9.17) is 0 Å². The van der Waals surface area contributed by atoms with Crippen molar-refractivity contribution in [3.8, 4) is 11.1 Å². The number of anilines is 2. The molecule has 0 bridgehead atoms. The Kier molecular flexibility index (Phi) is 4.47. The predicted molar refractivity (Wildman–Crippen MR) is 114 cm³/mol. The molecule has 3 aromatic rings. The highest BCUT2D eigenvalue weighted by Gasteiger charge is 2.41. The maximum absolute atomic E-state index is 13.1. The third-order valence-electron chi connectivity index (χ3n) is 5.73. The minimum absolute atomic E-state index is 0.0332. The number of carbonyl (C=O) groups excluding carboxylic acids is 2. The Morgan fingerprint density at radius 1 is 0.967 bits per heavy atom. The third kappa shape index (κ3) is 3.30. The number of para-hydroxylation sites is 2. The van der Waals surface area contributed by atoms with Gasteiger partial charge in [0.15, 0.2) is 0 Å². The van der Waals surface area contributed by atoms with Gasteiger partial charge in [-0.1, -0.05) is 36.4 Å². The molecule has 2 N–H and O–H groups in total. The number of hydrogen-bond acceptors (Lipinski definition) is 3. The Balaban J connectivity index is 1.28. The second-order valence-electron chi connectivity index (χ2n) is 7.66. The van der Waals surface area contributed by atoms with E-state index in [1.165, 1.54) is 12.1 Å². The number of nitrogens with one attached hydrogen (secondary N) is 2. The smallest absolute Gasteiger partial charge is 0.251 e. The van der Waals surface area contributed by atoms with Crippen molar-refractivity contribution in [3.05, 3.63) is 84.2 Å². The van der Waals surface area contributed by atoms with Crippen LogP contribution in [-0.2, 0) is 4.79 Å². The number of fused-ring (bicyclic) bond motifs is 3. The molecule has 2 aliphatic heterocycles. The number of hydrogen-bond donors (Lipinski definition) is 2. The van der Waals surface area contributed by atoms with E-state index in [0.29, 0.717) is 18.5 Å². The molecule has 1 saturated heterocycles. The van der Waals surface area contributed by atoms with Crippen molar-refractivity contribution < 1.29 is 14.0 Å². The van der Waals surface area contributed by atoms with Gasteiger partial charge < -0.3 is 15.5 Å². The molecule has 0 aliphatic carbocycles. The summed E-state index contributed by atoms with van der Waals surface area (Å²) < 4.78 is 13.1. The van der Waals surface area contributed by atoms with Crippen LogP contribution in [0.4, 0.5) is 15.8 Å². The number of carbonyl (C=O) groups is 2. The van der Waals surface area contributed by atoms with Gasteiger partial charge in [0, 0.05) is 18.2 Å². The lowest BCUT2D eigenvalue weighted by atomic mass is 10.0. The molecule has 1 fully saturated rings. The number of amides is 2. The van der Waals surface area contributed by atoms with Gasteiger partial charge in [-0.2, -0.15) is 0 Å². The summed E-state index contributed by atoms with van der Waals surface area (Å²) >= 11 is 0. The number of benzene rings is 3. The van der Waals surface area contributed by atoms with Crippen molar-refractivity contribution in [1.82, 2.24) is 5.32 Å². The van der Waals surface area contributed by atoms with Crippen molar-refractivity contribution >= 4 is 23.2 Å². The summed E-state index contributed by atoms with van der Waals surface area (Å²) in [4.78, 5) is 27.3. The lowest BCUT2D eigenvalue weighted by Crippen LogP contribution is -2.44. The van der Waals surface area contributed by atoms with E-state index in [2.05, 4.69) is 15.5 Å². The summed E-state index contributed by atoms with van der Waals surface area (Å²) in [6.07, 6.45) is 0.569. The molecule has 30 heavy (non-hydrogen) atoms. The Morgan fingerprint density at radius 2 is 1.63 bits per heavy atom. The fourth-order valence-corrected chi connectivity index (χ4v) is 4.23. The summed E-state index contributed by atoms with van der Waals surface area (Å²) in [5.74, 6) is -0.479. The summed E-state index contributed by atoms with van der Waals surface area (Å²) in [6.45, 7) is 0.592. The molecule has 150 valence electrons. The summed E-state index contributed by atoms with van der Waals surface area (Å²) in [6, 6.07) is 20.8. The molecular weight excluding hydrogens is 381 g/mol. The van der Waals surface area contributed by atoms with Gasteiger partial charge in [0.1, 0.15) is 11.9 Å². The van der Waals surface area contributed by atoms with E-state index in [1.54, 1.807) is 24.3 Å². The topological polar surface area (TPSA) is 61.4 Å². The van der Waals surface area contributed by atoms with E-state index >= 15 is 0 Å². The van der Waals surface area contributed by atoms with Crippen LogP contribution in [0.3, 0.4) is 0 Å². The van der Waals surface area contributed by atoms with Gasteiger partial charge in [0.2, 0.25) is 5.91 Å². The quantitative estimate of drug-likeness (QED) is 0.701. The molecule has 3 aromatic carbocycles. The molecule has 5 rings (SSSR count). The second-order valence-corrected chi connectivity index (χ2v) is 7.66. The van der Waals surface area contributed by atoms with Gasteiger partial charge in [-0.15, -0.1) is 0 Å². The number of halogens is 1. The third-order valence-corrected chi connectivity index (χ3v) is 5.73. The highest BCUT2D eigenvalue weighted by Crippen LogP contribution is 2.36. The summed E-state index contributed by atoms with van der Waals surface area (Å²) in [7, 11) is 0. The average Bonchev–Trinajstić information content (AvgIpc) is 3.19. The van der Waals surface area contributed by atoms with E-state index in [1.807, 2.05) is 36.4 Å². The molecule has 0 spiro atoms. The lowest BCUT2D eigenvalue weighted by molar-refractivity contribution is -0.117. The molecule has 0 radical (unpaired) electrons. The second kappa shape index (κ2) is 7.30. The van der Waals surface area contributed by atoms with Crippen LogP contribution in [0.25, 0.3) is 11.1 Å². The lowest BCUT2D eigenvalue weighted by Gasteiger charge is -2.32. The zero-order valence-electron chi connectivity index (χ0n) is 16.1. The van der Waals surface area contributed by atoms with E-state index < -0.39 is 0 Å². The van der Waals surface area contributed by atoms with Crippen molar-refractivity contribution in [2.24, 2.45) is 0 Å². The van der Waals surface area contributed by atoms with Crippen molar-refractivity contribution in [1.29, 1.82) is 0 Å². The van der Waals surface area contributed by atoms with Crippen LogP contribution in [0.1, 0.15) is 16.8 Å². The fraction of sp³-hybridized carbons (Fsp3) is 0.167. The van der Waals surface area contributed by atoms with Gasteiger partial charge in [0.05, 0.1) is 11.4 Å². The van der Waals surface area contributed by atoms with Crippen LogP contribution in [0.5, 0.6) is 0 Å². The molecule has 0 saturated carbocycles. The van der Waals surface area contributed by atoms with Crippen LogP contribution in [0, 0.1) is 5.82 Å². The van der Waals surface area contributed by atoms with Crippen molar-refractivity contribution in [2.45, 2.75) is 18.5 Å². The van der Waals surface area contributed by atoms with Crippen LogP contribution >= 0.6 is 0 Å². The predicted octanol–water partition coefficient (Wildman–Crippen LogP) is 3.82. The van der Waals surface area contributed by atoms with Crippen molar-refractivity contribution in [2.75, 3.05) is 16.8 Å². The number of rotatable bonds is 3. The maximum atomic E-state index is 13.1. The molecule has 2 atom stereocenters. The summed E-state index contributed by atoms with van der Waals surface area (Å²) in [5.41, 5.74) is 4.15. The Morgan fingerprint density at radius 3 is 2.37 bits per heavy atom. The fourth-order valence-electron chi connectivity index (χ4n) is 4.23. The largest absolute Gasteiger partial charge is 0.356 e. The molecular formula is C24H20FN3O2. The van der Waals surface area contributed by atoms with Crippen LogP contribution in [-0.4, -0.2) is 30.4 Å². The SMILES string of the molecule is O=C(NC1CC2C(=O)Nc3ccccc3N2C1)c1ccc(-c2ccc(F)cc2)cc1. The molecule has 2 unspecified atom stereocenters. The minimum Gasteiger partial charge on any atom is -0.356 e. The van der Waals surface area contributed by atoms with Gasteiger partial charge in [-0.3, -0.25) is 9.59 Å². The highest BCUT2D eigenvalue weighted by molar-refractivity contribution is 6.04. The first-order valence-corrected chi connectivity index (χ1v) is 9.92. The van der Waals surface area contributed by atoms with Gasteiger partial charge >= 0.3 is 0 Å². The van der Waals surface area contributed by atoms with Crippen LogP contribution in [0.15, 0.2) is 72.8 Å². The Hall–Kier alpha value is -3.67. The van der Waals surface area contributed by atoms with Gasteiger partial charge in [-0.05, 0) is 53.9 Å². The van der Waals surface area contributed by atoms with E-state index in [9.17, 15) is 14.0 Å². The first-order valence-electron chi connectivity index (χ1n) is 9.92. The van der Waals surface area contributed by atoms with Gasteiger partial charge in [-0.25, -0.2) is 4.39 Å². The average molecular weight is 401 g/mol. The van der Waals surface area contributed by atoms with E-state index in [-0.39, 0.29) is 29.7 Å². The Bertz CT molecular complexity index is 1110.